The molecule has 1 saturated heterocycles. The first-order valence-electron chi connectivity index (χ1n) is 5.73. The molecule has 1 aliphatic rings. The highest BCUT2D eigenvalue weighted by Gasteiger charge is 2.31. The van der Waals surface area contributed by atoms with E-state index in [4.69, 9.17) is 4.74 Å². The van der Waals surface area contributed by atoms with Gasteiger partial charge in [0.1, 0.15) is 12.2 Å². The smallest absolute Gasteiger partial charge is 0.344 e. The Kier molecular flexibility index (Phi) is 4.22. The van der Waals surface area contributed by atoms with Crippen LogP contribution in [0.5, 0.6) is 0 Å². The van der Waals surface area contributed by atoms with Crippen LogP contribution in [0.1, 0.15) is 23.2 Å². The summed E-state index contributed by atoms with van der Waals surface area (Å²) in [6.45, 7) is 0.156. The lowest BCUT2D eigenvalue weighted by Gasteiger charge is -2.11. The van der Waals surface area contributed by atoms with Crippen molar-refractivity contribution < 1.29 is 36.2 Å². The number of halogens is 5. The summed E-state index contributed by atoms with van der Waals surface area (Å²) in [6.07, 6.45) is 0.898. The van der Waals surface area contributed by atoms with Crippen molar-refractivity contribution in [3.63, 3.8) is 0 Å². The van der Waals surface area contributed by atoms with E-state index >= 15 is 0 Å². The van der Waals surface area contributed by atoms with E-state index in [0.29, 0.717) is 13.0 Å². The predicted molar refractivity (Wildman–Crippen MR) is 55.5 cm³/mol. The van der Waals surface area contributed by atoms with Crippen molar-refractivity contribution in [2.24, 2.45) is 0 Å². The first-order valence-corrected chi connectivity index (χ1v) is 5.73. The second-order valence-corrected chi connectivity index (χ2v) is 4.18. The van der Waals surface area contributed by atoms with Gasteiger partial charge in [0.05, 0.1) is 6.10 Å². The SMILES string of the molecule is O=C(OCC1CCCO1)c1c(F)c(F)c(F)c(F)c1F. The minimum Gasteiger partial charge on any atom is -0.459 e. The molecular formula is C12H9F5O3. The van der Waals surface area contributed by atoms with E-state index in [0.717, 1.165) is 6.42 Å². The van der Waals surface area contributed by atoms with E-state index in [-0.39, 0.29) is 6.61 Å². The van der Waals surface area contributed by atoms with E-state index in [1.807, 2.05) is 0 Å². The lowest BCUT2D eigenvalue weighted by molar-refractivity contribution is 0.0151. The Morgan fingerprint density at radius 2 is 1.60 bits per heavy atom. The standard InChI is InChI=1S/C12H9F5O3/c13-7-6(8(14)10(16)11(17)9(7)15)12(18)20-4-5-2-1-3-19-5/h5H,1-4H2. The molecule has 0 radical (unpaired) electrons. The molecule has 0 saturated carbocycles. The van der Waals surface area contributed by atoms with Gasteiger partial charge in [0.2, 0.25) is 5.82 Å². The Balaban J connectivity index is 2.21. The van der Waals surface area contributed by atoms with Gasteiger partial charge in [0.25, 0.3) is 0 Å². The van der Waals surface area contributed by atoms with Crippen LogP contribution >= 0.6 is 0 Å². The summed E-state index contributed by atoms with van der Waals surface area (Å²) in [6, 6.07) is 0. The van der Waals surface area contributed by atoms with Crippen LogP contribution in [0.2, 0.25) is 0 Å². The summed E-state index contributed by atoms with van der Waals surface area (Å²) in [5.74, 6) is -12.7. The summed E-state index contributed by atoms with van der Waals surface area (Å²) in [5.41, 5.74) is -1.60. The third-order valence-electron chi connectivity index (χ3n) is 2.84. The van der Waals surface area contributed by atoms with Crippen LogP contribution in [0.15, 0.2) is 0 Å². The maximum Gasteiger partial charge on any atom is 0.344 e. The number of ether oxygens (including phenoxy) is 2. The van der Waals surface area contributed by atoms with E-state index in [9.17, 15) is 26.7 Å². The van der Waals surface area contributed by atoms with Crippen LogP contribution in [0.25, 0.3) is 0 Å². The van der Waals surface area contributed by atoms with E-state index in [1.165, 1.54) is 0 Å². The maximum absolute atomic E-state index is 13.3. The molecule has 1 aromatic rings. The molecule has 2 rings (SSSR count). The highest BCUT2D eigenvalue weighted by molar-refractivity contribution is 5.90. The molecule has 1 unspecified atom stereocenters. The van der Waals surface area contributed by atoms with Crippen LogP contribution in [-0.2, 0) is 9.47 Å². The zero-order valence-corrected chi connectivity index (χ0v) is 10.0. The summed E-state index contributed by atoms with van der Waals surface area (Å²) in [7, 11) is 0. The fourth-order valence-corrected chi connectivity index (χ4v) is 1.80. The molecule has 1 atom stereocenters. The normalized spacial score (nSPS) is 18.4. The van der Waals surface area contributed by atoms with Gasteiger partial charge in [-0.1, -0.05) is 0 Å². The molecule has 110 valence electrons. The Labute approximate surface area is 110 Å². The Hall–Kier alpha value is -1.70. The zero-order chi connectivity index (χ0) is 14.9. The fourth-order valence-electron chi connectivity index (χ4n) is 1.80. The van der Waals surface area contributed by atoms with Crippen molar-refractivity contribution in [3.8, 4) is 0 Å². The first kappa shape index (κ1) is 14.7. The fraction of sp³-hybridized carbons (Fsp3) is 0.417. The highest BCUT2D eigenvalue weighted by Crippen LogP contribution is 2.24. The lowest BCUT2D eigenvalue weighted by atomic mass is 10.1. The molecule has 0 spiro atoms. The molecule has 1 fully saturated rings. The topological polar surface area (TPSA) is 35.5 Å². The number of carbonyl (C=O) groups is 1. The molecule has 0 amide bonds. The molecule has 8 heteroatoms. The quantitative estimate of drug-likeness (QED) is 0.372. The summed E-state index contributed by atoms with van der Waals surface area (Å²) >= 11 is 0. The van der Waals surface area contributed by atoms with Gasteiger partial charge in [-0.3, -0.25) is 0 Å². The number of hydrogen-bond acceptors (Lipinski definition) is 3. The van der Waals surface area contributed by atoms with E-state index < -0.39 is 46.7 Å². The van der Waals surface area contributed by atoms with Crippen LogP contribution in [0.4, 0.5) is 22.0 Å². The Morgan fingerprint density at radius 1 is 1.05 bits per heavy atom. The average Bonchev–Trinajstić information content (AvgIpc) is 2.94. The second kappa shape index (κ2) is 5.74. The van der Waals surface area contributed by atoms with Crippen molar-refractivity contribution in [3.05, 3.63) is 34.6 Å². The van der Waals surface area contributed by atoms with Gasteiger partial charge < -0.3 is 9.47 Å². The van der Waals surface area contributed by atoms with Crippen LogP contribution < -0.4 is 0 Å². The van der Waals surface area contributed by atoms with Crippen molar-refractivity contribution in [1.82, 2.24) is 0 Å². The van der Waals surface area contributed by atoms with Crippen molar-refractivity contribution in [1.29, 1.82) is 0 Å². The number of esters is 1. The summed E-state index contributed by atoms with van der Waals surface area (Å²) < 4.78 is 74.8. The van der Waals surface area contributed by atoms with Gasteiger partial charge in [-0.2, -0.15) is 0 Å². The molecule has 0 bridgehead atoms. The predicted octanol–water partition coefficient (Wildman–Crippen LogP) is 2.72. The van der Waals surface area contributed by atoms with Crippen LogP contribution in [0.3, 0.4) is 0 Å². The highest BCUT2D eigenvalue weighted by atomic mass is 19.2. The third kappa shape index (κ3) is 2.60. The molecule has 1 aliphatic heterocycles. The first-order chi connectivity index (χ1) is 9.43. The van der Waals surface area contributed by atoms with Gasteiger partial charge in [-0.25, -0.2) is 26.7 Å². The third-order valence-corrected chi connectivity index (χ3v) is 2.84. The van der Waals surface area contributed by atoms with Crippen molar-refractivity contribution in [2.75, 3.05) is 13.2 Å². The van der Waals surface area contributed by atoms with Crippen LogP contribution in [-0.4, -0.2) is 25.3 Å². The molecule has 0 aromatic heterocycles. The van der Waals surface area contributed by atoms with Gasteiger partial charge in [-0.05, 0) is 12.8 Å². The van der Waals surface area contributed by atoms with Gasteiger partial charge in [-0.15, -0.1) is 0 Å². The second-order valence-electron chi connectivity index (χ2n) is 4.18. The van der Waals surface area contributed by atoms with Gasteiger partial charge in [0.15, 0.2) is 23.3 Å². The largest absolute Gasteiger partial charge is 0.459 e. The molecule has 20 heavy (non-hydrogen) atoms. The molecule has 0 N–H and O–H groups in total. The average molecular weight is 296 g/mol. The number of hydrogen-bond donors (Lipinski definition) is 0. The van der Waals surface area contributed by atoms with E-state index in [1.54, 1.807) is 0 Å². The minimum absolute atomic E-state index is 0.307. The monoisotopic (exact) mass is 296 g/mol. The van der Waals surface area contributed by atoms with E-state index in [2.05, 4.69) is 4.74 Å². The number of rotatable bonds is 3. The summed E-state index contributed by atoms with van der Waals surface area (Å²) in [4.78, 5) is 11.4. The molecule has 0 aliphatic carbocycles. The zero-order valence-electron chi connectivity index (χ0n) is 10.0. The Morgan fingerprint density at radius 3 is 2.10 bits per heavy atom. The molecular weight excluding hydrogens is 287 g/mol. The number of benzene rings is 1. The van der Waals surface area contributed by atoms with Gasteiger partial charge in [0, 0.05) is 6.61 Å². The van der Waals surface area contributed by atoms with Crippen molar-refractivity contribution in [2.45, 2.75) is 18.9 Å². The maximum atomic E-state index is 13.3. The summed E-state index contributed by atoms with van der Waals surface area (Å²) in [5, 5.41) is 0. The van der Waals surface area contributed by atoms with Crippen LogP contribution in [0, 0.1) is 29.1 Å². The lowest BCUT2D eigenvalue weighted by Crippen LogP contribution is -2.21. The van der Waals surface area contributed by atoms with Crippen molar-refractivity contribution >= 4 is 5.97 Å². The molecule has 1 aromatic carbocycles. The number of carbonyl (C=O) groups excluding carboxylic acids is 1. The molecule has 1 heterocycles. The minimum atomic E-state index is -2.32. The van der Waals surface area contributed by atoms with Gasteiger partial charge >= 0.3 is 5.97 Å². The molecule has 3 nitrogen and oxygen atoms in total. The Bertz CT molecular complexity index is 511.